The first-order valence-corrected chi connectivity index (χ1v) is 5.49. The van der Waals surface area contributed by atoms with Gasteiger partial charge < -0.3 is 4.74 Å². The van der Waals surface area contributed by atoms with Gasteiger partial charge in [-0.3, -0.25) is 0 Å². The van der Waals surface area contributed by atoms with Gasteiger partial charge in [-0.2, -0.15) is 0 Å². The average Bonchev–Trinajstić information content (AvgIpc) is 2.49. The van der Waals surface area contributed by atoms with Crippen molar-refractivity contribution >= 4 is 5.97 Å². The Labute approximate surface area is 96.8 Å². The minimum Gasteiger partial charge on any atom is -0.459 e. The van der Waals surface area contributed by atoms with Crippen LogP contribution in [0.15, 0.2) is 18.7 Å². The van der Waals surface area contributed by atoms with Crippen LogP contribution in [0.4, 0.5) is 0 Å². The van der Waals surface area contributed by atoms with E-state index in [1.165, 1.54) is 0 Å². The van der Waals surface area contributed by atoms with Crippen molar-refractivity contribution in [2.75, 3.05) is 0 Å². The van der Waals surface area contributed by atoms with Gasteiger partial charge in [0.25, 0.3) is 0 Å². The van der Waals surface area contributed by atoms with Crippen molar-refractivity contribution in [3.8, 4) is 0 Å². The number of carbonyl (C=O) groups is 1. The number of hydrogen-bond acceptors (Lipinski definition) is 2. The number of hydrogen-bond donors (Lipinski definition) is 0. The summed E-state index contributed by atoms with van der Waals surface area (Å²) in [6, 6.07) is 0. The highest BCUT2D eigenvalue weighted by atomic mass is 16.5. The zero-order valence-corrected chi connectivity index (χ0v) is 10.7. The second-order valence-corrected chi connectivity index (χ2v) is 5.25. The molecule has 0 saturated carbocycles. The molecule has 0 aliphatic heterocycles. The summed E-state index contributed by atoms with van der Waals surface area (Å²) in [5.74, 6) is -0.196. The van der Waals surface area contributed by atoms with Crippen LogP contribution in [0.5, 0.6) is 0 Å². The third-order valence-corrected chi connectivity index (χ3v) is 2.66. The van der Waals surface area contributed by atoms with Gasteiger partial charge >= 0.3 is 5.97 Å². The summed E-state index contributed by atoms with van der Waals surface area (Å²) in [6.45, 7) is 8.36. The molecule has 0 saturated heterocycles. The Kier molecular flexibility index (Phi) is 3.73. The van der Waals surface area contributed by atoms with Crippen LogP contribution in [-0.4, -0.2) is 16.6 Å². The monoisotopic (exact) mass is 225 g/mol. The summed E-state index contributed by atoms with van der Waals surface area (Å²) in [4.78, 5) is 11.6. The Bertz CT molecular complexity index is 363. The van der Waals surface area contributed by atoms with Crippen LogP contribution in [0, 0.1) is 5.41 Å². The van der Waals surface area contributed by atoms with Crippen molar-refractivity contribution in [1.82, 2.24) is 4.57 Å². The SMILES string of the molecule is C[C@@H](OC(=O)C[n+]1ccn(C)c1)C(C)(C)C. The highest BCUT2D eigenvalue weighted by molar-refractivity contribution is 5.67. The molecule has 0 aliphatic carbocycles. The van der Waals surface area contributed by atoms with Crippen molar-refractivity contribution in [2.45, 2.75) is 40.3 Å². The predicted octanol–water partition coefficient (Wildman–Crippen LogP) is 1.29. The fourth-order valence-electron chi connectivity index (χ4n) is 1.16. The molecule has 4 heteroatoms. The zero-order chi connectivity index (χ0) is 12.3. The van der Waals surface area contributed by atoms with E-state index in [4.69, 9.17) is 4.74 Å². The first-order valence-electron chi connectivity index (χ1n) is 5.49. The van der Waals surface area contributed by atoms with Crippen molar-refractivity contribution in [2.24, 2.45) is 12.5 Å². The van der Waals surface area contributed by atoms with Crippen LogP contribution in [0.1, 0.15) is 27.7 Å². The molecule has 0 N–H and O–H groups in total. The topological polar surface area (TPSA) is 35.1 Å². The molecule has 0 aromatic carbocycles. The molecule has 0 bridgehead atoms. The van der Waals surface area contributed by atoms with Gasteiger partial charge in [-0.15, -0.1) is 0 Å². The van der Waals surface area contributed by atoms with Gasteiger partial charge in [0.05, 0.1) is 7.05 Å². The van der Waals surface area contributed by atoms with Crippen LogP contribution in [0.3, 0.4) is 0 Å². The summed E-state index contributed by atoms with van der Waals surface area (Å²) in [5.41, 5.74) is -0.0169. The van der Waals surface area contributed by atoms with Crippen molar-refractivity contribution in [3.05, 3.63) is 18.7 Å². The Hall–Kier alpha value is -1.32. The summed E-state index contributed by atoms with van der Waals surface area (Å²) in [6.07, 6.45) is 5.51. The molecule has 1 atom stereocenters. The van der Waals surface area contributed by atoms with E-state index in [1.54, 1.807) is 4.57 Å². The fourth-order valence-corrected chi connectivity index (χ4v) is 1.16. The van der Waals surface area contributed by atoms with Crippen LogP contribution < -0.4 is 4.57 Å². The standard InChI is InChI=1S/C12H21N2O2/c1-10(12(2,3)4)16-11(15)8-14-7-6-13(5)9-14/h6-7,9-10H,8H2,1-5H3/q+1/t10-/m1/s1. The smallest absolute Gasteiger partial charge is 0.348 e. The van der Waals surface area contributed by atoms with Crippen LogP contribution >= 0.6 is 0 Å². The third-order valence-electron chi connectivity index (χ3n) is 2.66. The molecule has 1 rings (SSSR count). The summed E-state index contributed by atoms with van der Waals surface area (Å²) in [7, 11) is 1.92. The maximum Gasteiger partial charge on any atom is 0.348 e. The number of aryl methyl sites for hydroxylation is 1. The van der Waals surface area contributed by atoms with Gasteiger partial charge in [0.1, 0.15) is 18.5 Å². The predicted molar refractivity (Wildman–Crippen MR) is 60.6 cm³/mol. The lowest BCUT2D eigenvalue weighted by Gasteiger charge is -2.26. The molecule has 16 heavy (non-hydrogen) atoms. The van der Waals surface area contributed by atoms with Gasteiger partial charge in [-0.05, 0) is 12.3 Å². The van der Waals surface area contributed by atoms with E-state index in [2.05, 4.69) is 20.8 Å². The summed E-state index contributed by atoms with van der Waals surface area (Å²) in [5, 5.41) is 0. The van der Waals surface area contributed by atoms with E-state index in [1.807, 2.05) is 37.3 Å². The maximum absolute atomic E-state index is 11.6. The van der Waals surface area contributed by atoms with E-state index >= 15 is 0 Å². The Morgan fingerprint density at radius 3 is 2.56 bits per heavy atom. The molecular weight excluding hydrogens is 204 g/mol. The van der Waals surface area contributed by atoms with E-state index in [-0.39, 0.29) is 24.0 Å². The minimum atomic E-state index is -0.196. The van der Waals surface area contributed by atoms with Gasteiger partial charge in [-0.1, -0.05) is 20.8 Å². The lowest BCUT2D eigenvalue weighted by molar-refractivity contribution is -0.685. The molecule has 1 aromatic heterocycles. The van der Waals surface area contributed by atoms with Crippen LogP contribution in [0.2, 0.25) is 0 Å². The van der Waals surface area contributed by atoms with E-state index in [0.717, 1.165) is 0 Å². The first kappa shape index (κ1) is 12.7. The Balaban J connectivity index is 2.48. The molecule has 0 fully saturated rings. The molecule has 0 radical (unpaired) electrons. The largest absolute Gasteiger partial charge is 0.459 e. The van der Waals surface area contributed by atoms with Crippen molar-refractivity contribution < 1.29 is 14.1 Å². The quantitative estimate of drug-likeness (QED) is 0.574. The summed E-state index contributed by atoms with van der Waals surface area (Å²) < 4.78 is 9.05. The molecule has 1 heterocycles. The summed E-state index contributed by atoms with van der Waals surface area (Å²) >= 11 is 0. The number of esters is 1. The first-order chi connectivity index (χ1) is 7.29. The lowest BCUT2D eigenvalue weighted by atomic mass is 9.90. The fraction of sp³-hybridized carbons (Fsp3) is 0.667. The highest BCUT2D eigenvalue weighted by Crippen LogP contribution is 2.21. The number of aromatic nitrogens is 2. The second kappa shape index (κ2) is 4.68. The second-order valence-electron chi connectivity index (χ2n) is 5.25. The Morgan fingerprint density at radius 2 is 2.12 bits per heavy atom. The van der Waals surface area contributed by atoms with Crippen molar-refractivity contribution in [1.29, 1.82) is 0 Å². The van der Waals surface area contributed by atoms with Gasteiger partial charge in [0, 0.05) is 0 Å². The molecule has 1 aromatic rings. The van der Waals surface area contributed by atoms with E-state index in [0.29, 0.717) is 0 Å². The Morgan fingerprint density at radius 1 is 1.50 bits per heavy atom. The molecule has 0 amide bonds. The minimum absolute atomic E-state index is 0.0169. The lowest BCUT2D eigenvalue weighted by Crippen LogP contribution is -2.39. The number of carbonyl (C=O) groups excluding carboxylic acids is 1. The number of imidazole rings is 1. The zero-order valence-electron chi connectivity index (χ0n) is 10.7. The number of rotatable bonds is 3. The average molecular weight is 225 g/mol. The van der Waals surface area contributed by atoms with Gasteiger partial charge in [-0.25, -0.2) is 13.9 Å². The maximum atomic E-state index is 11.6. The van der Waals surface area contributed by atoms with E-state index < -0.39 is 0 Å². The molecular formula is C12H21N2O2+. The third kappa shape index (κ3) is 3.68. The van der Waals surface area contributed by atoms with Gasteiger partial charge in [0.15, 0.2) is 6.54 Å². The normalized spacial score (nSPS) is 13.6. The molecule has 4 nitrogen and oxygen atoms in total. The molecule has 90 valence electrons. The van der Waals surface area contributed by atoms with Crippen molar-refractivity contribution in [3.63, 3.8) is 0 Å². The van der Waals surface area contributed by atoms with Gasteiger partial charge in [0.2, 0.25) is 6.33 Å². The number of nitrogens with zero attached hydrogens (tertiary/aromatic N) is 2. The number of ether oxygens (including phenoxy) is 1. The highest BCUT2D eigenvalue weighted by Gasteiger charge is 2.24. The van der Waals surface area contributed by atoms with Crippen LogP contribution in [-0.2, 0) is 23.1 Å². The van der Waals surface area contributed by atoms with Crippen LogP contribution in [0.25, 0.3) is 0 Å². The molecule has 0 aliphatic rings. The molecule has 0 spiro atoms. The molecule has 0 unspecified atom stereocenters. The van der Waals surface area contributed by atoms with E-state index in [9.17, 15) is 4.79 Å².